The lowest BCUT2D eigenvalue weighted by atomic mass is 10.0. The van der Waals surface area contributed by atoms with E-state index in [1.807, 2.05) is 73.3 Å². The van der Waals surface area contributed by atoms with Crippen molar-refractivity contribution in [2.45, 2.75) is 64.6 Å². The van der Waals surface area contributed by atoms with Crippen molar-refractivity contribution >= 4 is 11.8 Å². The van der Waals surface area contributed by atoms with Crippen LogP contribution in [0, 0.1) is 5.92 Å². The number of benzene rings is 2. The molecular formula is C27H37N3O3. The lowest BCUT2D eigenvalue weighted by molar-refractivity contribution is -0.137. The third-order valence-electron chi connectivity index (χ3n) is 5.96. The first-order valence-corrected chi connectivity index (χ1v) is 12.0. The van der Waals surface area contributed by atoms with E-state index in [2.05, 4.69) is 5.32 Å². The second kappa shape index (κ2) is 12.4. The van der Waals surface area contributed by atoms with Gasteiger partial charge < -0.3 is 20.7 Å². The van der Waals surface area contributed by atoms with Crippen LogP contribution in [0.25, 0.3) is 0 Å². The Morgan fingerprint density at radius 2 is 1.64 bits per heavy atom. The van der Waals surface area contributed by atoms with Crippen LogP contribution in [0.3, 0.4) is 0 Å². The molecule has 1 fully saturated rings. The van der Waals surface area contributed by atoms with Crippen LogP contribution >= 0.6 is 0 Å². The zero-order valence-corrected chi connectivity index (χ0v) is 19.8. The third kappa shape index (κ3) is 7.90. The van der Waals surface area contributed by atoms with Gasteiger partial charge in [0.1, 0.15) is 18.4 Å². The predicted molar refractivity (Wildman–Crippen MR) is 131 cm³/mol. The zero-order valence-electron chi connectivity index (χ0n) is 19.8. The number of likely N-dealkylation sites (tertiary alicyclic amines) is 1. The highest BCUT2D eigenvalue weighted by molar-refractivity contribution is 5.90. The minimum Gasteiger partial charge on any atom is -0.489 e. The van der Waals surface area contributed by atoms with E-state index in [-0.39, 0.29) is 11.8 Å². The monoisotopic (exact) mass is 451 g/mol. The van der Waals surface area contributed by atoms with Crippen LogP contribution in [-0.2, 0) is 22.6 Å². The molecule has 3 rings (SSSR count). The molecule has 1 heterocycles. The number of nitrogens with zero attached hydrogens (tertiary/aromatic N) is 1. The molecule has 3 N–H and O–H groups in total. The molecule has 1 aliphatic rings. The molecule has 0 aromatic heterocycles. The molecule has 2 aromatic rings. The van der Waals surface area contributed by atoms with E-state index in [1.165, 1.54) is 0 Å². The van der Waals surface area contributed by atoms with Crippen molar-refractivity contribution < 1.29 is 14.3 Å². The summed E-state index contributed by atoms with van der Waals surface area (Å²) in [5.74, 6) is 0.793. The smallest absolute Gasteiger partial charge is 0.245 e. The number of carbonyl (C=O) groups excluding carboxylic acids is 2. The molecule has 1 aliphatic heterocycles. The van der Waals surface area contributed by atoms with Crippen LogP contribution in [0.4, 0.5) is 0 Å². The highest BCUT2D eigenvalue weighted by atomic mass is 16.5. The average molecular weight is 452 g/mol. The Kier molecular flexibility index (Phi) is 9.31. The third-order valence-corrected chi connectivity index (χ3v) is 5.96. The predicted octanol–water partition coefficient (Wildman–Crippen LogP) is 3.68. The number of piperidine rings is 1. The SMILES string of the molecule is CC(C)CC(N)C(=O)NC(Cc1ccc(OCc2ccccc2)cc1)C(=O)N1CCCCC1. The molecule has 0 spiro atoms. The summed E-state index contributed by atoms with van der Waals surface area (Å²) in [5, 5.41) is 2.94. The Balaban J connectivity index is 1.65. The van der Waals surface area contributed by atoms with E-state index in [0.717, 1.165) is 49.2 Å². The fourth-order valence-corrected chi connectivity index (χ4v) is 4.13. The van der Waals surface area contributed by atoms with Crippen LogP contribution in [0.5, 0.6) is 5.75 Å². The van der Waals surface area contributed by atoms with Gasteiger partial charge in [0.25, 0.3) is 0 Å². The molecule has 178 valence electrons. The second-order valence-electron chi connectivity index (χ2n) is 9.31. The fourth-order valence-electron chi connectivity index (χ4n) is 4.13. The maximum atomic E-state index is 13.3. The molecule has 1 saturated heterocycles. The first-order chi connectivity index (χ1) is 15.9. The van der Waals surface area contributed by atoms with Crippen molar-refractivity contribution in [3.05, 3.63) is 65.7 Å². The lowest BCUT2D eigenvalue weighted by Crippen LogP contribution is -2.54. The van der Waals surface area contributed by atoms with Crippen molar-refractivity contribution in [3.63, 3.8) is 0 Å². The maximum Gasteiger partial charge on any atom is 0.245 e. The van der Waals surface area contributed by atoms with Gasteiger partial charge in [-0.15, -0.1) is 0 Å². The number of carbonyl (C=O) groups is 2. The highest BCUT2D eigenvalue weighted by Gasteiger charge is 2.29. The molecule has 33 heavy (non-hydrogen) atoms. The molecule has 6 nitrogen and oxygen atoms in total. The van der Waals surface area contributed by atoms with Crippen molar-refractivity contribution in [1.82, 2.24) is 10.2 Å². The molecular weight excluding hydrogens is 414 g/mol. The topological polar surface area (TPSA) is 84.7 Å². The van der Waals surface area contributed by atoms with Gasteiger partial charge in [0.15, 0.2) is 0 Å². The normalized spacial score (nSPS) is 15.7. The van der Waals surface area contributed by atoms with E-state index in [0.29, 0.717) is 25.4 Å². The van der Waals surface area contributed by atoms with Crippen LogP contribution < -0.4 is 15.8 Å². The highest BCUT2D eigenvalue weighted by Crippen LogP contribution is 2.17. The minimum atomic E-state index is -0.620. The Morgan fingerprint density at radius 1 is 0.970 bits per heavy atom. The number of nitrogens with two attached hydrogens (primary N) is 1. The van der Waals surface area contributed by atoms with E-state index < -0.39 is 12.1 Å². The molecule has 2 unspecified atom stereocenters. The van der Waals surface area contributed by atoms with Gasteiger partial charge in [-0.25, -0.2) is 0 Å². The summed E-state index contributed by atoms with van der Waals surface area (Å²) in [4.78, 5) is 27.8. The van der Waals surface area contributed by atoms with E-state index in [1.54, 1.807) is 0 Å². The van der Waals surface area contributed by atoms with Crippen LogP contribution in [0.1, 0.15) is 50.7 Å². The van der Waals surface area contributed by atoms with E-state index in [9.17, 15) is 9.59 Å². The number of hydrogen-bond acceptors (Lipinski definition) is 4. The summed E-state index contributed by atoms with van der Waals surface area (Å²) in [6, 6.07) is 16.5. The number of amides is 2. The van der Waals surface area contributed by atoms with Crippen LogP contribution in [0.15, 0.2) is 54.6 Å². The van der Waals surface area contributed by atoms with E-state index >= 15 is 0 Å². The summed E-state index contributed by atoms with van der Waals surface area (Å²) >= 11 is 0. The average Bonchev–Trinajstić information content (AvgIpc) is 2.83. The van der Waals surface area contributed by atoms with Gasteiger partial charge in [-0.2, -0.15) is 0 Å². The Hall–Kier alpha value is -2.86. The summed E-state index contributed by atoms with van der Waals surface area (Å²) in [6.45, 7) is 6.06. The standard InChI is InChI=1S/C27H37N3O3/c1-20(2)17-24(28)26(31)29-25(27(32)30-15-7-4-8-16-30)18-21-11-13-23(14-12-21)33-19-22-9-5-3-6-10-22/h3,5-6,9-14,20,24-25H,4,7-8,15-19,28H2,1-2H3,(H,29,31). The van der Waals surface area contributed by atoms with Crippen molar-refractivity contribution in [2.75, 3.05) is 13.1 Å². The minimum absolute atomic E-state index is 0.0239. The molecule has 6 heteroatoms. The first-order valence-electron chi connectivity index (χ1n) is 12.0. The van der Waals surface area contributed by atoms with Gasteiger partial charge in [-0.1, -0.05) is 56.3 Å². The molecule has 0 radical (unpaired) electrons. The summed E-state index contributed by atoms with van der Waals surface area (Å²) in [6.07, 6.45) is 4.17. The Labute approximate surface area is 197 Å². The number of nitrogens with one attached hydrogen (secondary N) is 1. The van der Waals surface area contributed by atoms with Gasteiger partial charge in [0.2, 0.25) is 11.8 Å². The number of rotatable bonds is 10. The number of ether oxygens (including phenoxy) is 1. The summed E-state index contributed by atoms with van der Waals surface area (Å²) in [5.41, 5.74) is 8.16. The molecule has 0 saturated carbocycles. The molecule has 2 atom stereocenters. The van der Waals surface area contributed by atoms with Gasteiger partial charge in [0.05, 0.1) is 6.04 Å². The zero-order chi connectivity index (χ0) is 23.6. The van der Waals surface area contributed by atoms with Crippen molar-refractivity contribution in [2.24, 2.45) is 11.7 Å². The van der Waals surface area contributed by atoms with Gasteiger partial charge in [0, 0.05) is 19.5 Å². The largest absolute Gasteiger partial charge is 0.489 e. The Morgan fingerprint density at radius 3 is 2.27 bits per heavy atom. The van der Waals surface area contributed by atoms with Gasteiger partial charge in [-0.05, 0) is 54.9 Å². The van der Waals surface area contributed by atoms with Crippen LogP contribution in [0.2, 0.25) is 0 Å². The molecule has 2 aromatic carbocycles. The quantitative estimate of drug-likeness (QED) is 0.577. The van der Waals surface area contributed by atoms with Crippen molar-refractivity contribution in [3.8, 4) is 5.75 Å². The summed E-state index contributed by atoms with van der Waals surface area (Å²) < 4.78 is 5.87. The number of hydrogen-bond donors (Lipinski definition) is 2. The van der Waals surface area contributed by atoms with Gasteiger partial charge >= 0.3 is 0 Å². The van der Waals surface area contributed by atoms with Gasteiger partial charge in [-0.3, -0.25) is 9.59 Å². The van der Waals surface area contributed by atoms with E-state index in [4.69, 9.17) is 10.5 Å². The van der Waals surface area contributed by atoms with Crippen LogP contribution in [-0.4, -0.2) is 41.9 Å². The first kappa shape index (κ1) is 24.8. The fraction of sp³-hybridized carbons (Fsp3) is 0.481. The summed E-state index contributed by atoms with van der Waals surface area (Å²) in [7, 11) is 0. The maximum absolute atomic E-state index is 13.3. The Bertz CT molecular complexity index is 877. The van der Waals surface area contributed by atoms with Crippen molar-refractivity contribution in [1.29, 1.82) is 0 Å². The molecule has 2 amide bonds. The molecule has 0 aliphatic carbocycles. The molecule has 0 bridgehead atoms. The second-order valence-corrected chi connectivity index (χ2v) is 9.31. The lowest BCUT2D eigenvalue weighted by Gasteiger charge is -2.31.